The van der Waals surface area contributed by atoms with Gasteiger partial charge in [0.1, 0.15) is 5.40 Å². The topological polar surface area (TPSA) is 111 Å². The molecule has 0 unspecified atom stereocenters. The third-order valence-electron chi connectivity index (χ3n) is 2.20. The van der Waals surface area contributed by atoms with Crippen LogP contribution in [0.4, 0.5) is 16.3 Å². The maximum Gasteiger partial charge on any atom is 0.324 e. The minimum absolute atomic E-state index is 0.235. The molecular formula is C12H9N5O2S. The number of amides is 2. The average molecular weight is 287 g/mol. The number of benzene rings is 1. The summed E-state index contributed by atoms with van der Waals surface area (Å²) in [7, 11) is 0. The lowest BCUT2D eigenvalue weighted by atomic mass is 10.3. The van der Waals surface area contributed by atoms with Crippen LogP contribution in [0.5, 0.6) is 0 Å². The molecule has 3 N–H and O–H groups in total. The first-order valence-electron chi connectivity index (χ1n) is 5.47. The molecule has 0 bridgehead atoms. The summed E-state index contributed by atoms with van der Waals surface area (Å²) in [5.74, 6) is 0.235. The van der Waals surface area contributed by atoms with E-state index in [1.807, 2.05) is 5.40 Å². The van der Waals surface area contributed by atoms with Gasteiger partial charge in [-0.05, 0) is 42.1 Å². The molecule has 1 aromatic heterocycles. The number of aromatic amines is 1. The molecule has 0 saturated carbocycles. The van der Waals surface area contributed by atoms with Crippen LogP contribution in [0.3, 0.4) is 0 Å². The van der Waals surface area contributed by atoms with Crippen LogP contribution in [0.15, 0.2) is 46.1 Å². The number of carbonyl (C=O) groups excluding carboxylic acids is 1. The molecule has 0 aliphatic heterocycles. The molecule has 100 valence electrons. The lowest BCUT2D eigenvalue weighted by Gasteiger charge is -2.06. The fraction of sp³-hybridized carbons (Fsp3) is 0. The minimum atomic E-state index is -0.481. The average Bonchev–Trinajstić information content (AvgIpc) is 2.44. The smallest absolute Gasteiger partial charge is 0.308 e. The van der Waals surface area contributed by atoms with Crippen molar-refractivity contribution >= 4 is 29.3 Å². The predicted molar refractivity (Wildman–Crippen MR) is 75.4 cm³/mol. The number of rotatable bonds is 3. The van der Waals surface area contributed by atoms with Gasteiger partial charge in [-0.25, -0.2) is 9.89 Å². The molecule has 0 spiro atoms. The van der Waals surface area contributed by atoms with E-state index in [1.165, 1.54) is 12.1 Å². The molecular weight excluding hydrogens is 278 g/mol. The number of anilines is 2. The van der Waals surface area contributed by atoms with Crippen molar-refractivity contribution in [3.05, 3.63) is 46.8 Å². The van der Waals surface area contributed by atoms with E-state index >= 15 is 0 Å². The number of thioether (sulfide) groups is 1. The number of nitriles is 1. The van der Waals surface area contributed by atoms with Gasteiger partial charge in [-0.1, -0.05) is 0 Å². The van der Waals surface area contributed by atoms with Crippen LogP contribution in [0, 0.1) is 10.7 Å². The molecule has 20 heavy (non-hydrogen) atoms. The summed E-state index contributed by atoms with van der Waals surface area (Å²) in [6.07, 6.45) is 0. The Morgan fingerprint density at radius 3 is 2.55 bits per heavy atom. The molecule has 2 amide bonds. The lowest BCUT2D eigenvalue weighted by molar-refractivity contribution is 0.262. The number of nitrogens with zero attached hydrogens (tertiary/aromatic N) is 2. The highest BCUT2D eigenvalue weighted by atomic mass is 32.2. The highest BCUT2D eigenvalue weighted by Gasteiger charge is 2.03. The first kappa shape index (κ1) is 13.6. The van der Waals surface area contributed by atoms with Crippen LogP contribution in [0.25, 0.3) is 0 Å². The normalized spacial score (nSPS) is 9.55. The summed E-state index contributed by atoms with van der Waals surface area (Å²) in [4.78, 5) is 23.3. The van der Waals surface area contributed by atoms with Gasteiger partial charge in [0.25, 0.3) is 5.56 Å². The second-order valence-corrected chi connectivity index (χ2v) is 4.46. The van der Waals surface area contributed by atoms with Gasteiger partial charge in [-0.15, -0.1) is 0 Å². The van der Waals surface area contributed by atoms with Crippen LogP contribution in [0.1, 0.15) is 0 Å². The molecule has 2 rings (SSSR count). The summed E-state index contributed by atoms with van der Waals surface area (Å²) < 4.78 is 0. The molecule has 1 aromatic carbocycles. The number of carbonyl (C=O) groups is 1. The third-order valence-corrected chi connectivity index (χ3v) is 2.80. The van der Waals surface area contributed by atoms with Crippen LogP contribution in [-0.2, 0) is 0 Å². The van der Waals surface area contributed by atoms with Gasteiger partial charge >= 0.3 is 6.03 Å². The Morgan fingerprint density at radius 1 is 1.20 bits per heavy atom. The molecule has 8 heteroatoms. The van der Waals surface area contributed by atoms with Crippen LogP contribution in [-0.4, -0.2) is 16.2 Å². The maximum absolute atomic E-state index is 11.7. The van der Waals surface area contributed by atoms with Crippen molar-refractivity contribution in [2.24, 2.45) is 0 Å². The van der Waals surface area contributed by atoms with Crippen LogP contribution < -0.4 is 16.2 Å². The number of H-pyrrole nitrogens is 1. The molecule has 2 aromatic rings. The molecule has 0 aliphatic carbocycles. The Morgan fingerprint density at radius 2 is 1.95 bits per heavy atom. The van der Waals surface area contributed by atoms with E-state index in [2.05, 4.69) is 20.8 Å². The van der Waals surface area contributed by atoms with Gasteiger partial charge < -0.3 is 5.32 Å². The number of hydrogen-bond donors (Lipinski definition) is 3. The Kier molecular flexibility index (Phi) is 4.36. The molecule has 0 saturated heterocycles. The quantitative estimate of drug-likeness (QED) is 0.590. The number of hydrogen-bond acceptors (Lipinski definition) is 5. The van der Waals surface area contributed by atoms with Crippen molar-refractivity contribution in [1.82, 2.24) is 10.2 Å². The molecule has 7 nitrogen and oxygen atoms in total. The van der Waals surface area contributed by atoms with Crippen molar-refractivity contribution in [3.8, 4) is 5.40 Å². The van der Waals surface area contributed by atoms with E-state index < -0.39 is 6.03 Å². The summed E-state index contributed by atoms with van der Waals surface area (Å²) in [6.45, 7) is 0. The van der Waals surface area contributed by atoms with Crippen LogP contribution >= 0.6 is 11.8 Å². The van der Waals surface area contributed by atoms with E-state index in [-0.39, 0.29) is 11.4 Å². The van der Waals surface area contributed by atoms with Gasteiger partial charge in [0.15, 0.2) is 5.82 Å². The molecule has 0 fully saturated rings. The second-order valence-electron chi connectivity index (χ2n) is 3.60. The molecule has 0 aliphatic rings. The Labute approximate surface area is 118 Å². The fourth-order valence-electron chi connectivity index (χ4n) is 1.35. The maximum atomic E-state index is 11.7. The third kappa shape index (κ3) is 3.86. The molecule has 0 atom stereocenters. The minimum Gasteiger partial charge on any atom is -0.308 e. The zero-order valence-electron chi connectivity index (χ0n) is 10.1. The highest BCUT2D eigenvalue weighted by molar-refractivity contribution is 8.03. The molecule has 1 heterocycles. The first-order valence-corrected chi connectivity index (χ1v) is 6.29. The van der Waals surface area contributed by atoms with E-state index in [0.29, 0.717) is 5.69 Å². The van der Waals surface area contributed by atoms with E-state index in [1.54, 1.807) is 24.3 Å². The summed E-state index contributed by atoms with van der Waals surface area (Å²) in [6, 6.07) is 8.98. The number of thiocyanates is 1. The van der Waals surface area contributed by atoms with E-state index in [4.69, 9.17) is 5.26 Å². The number of urea groups is 1. The largest absolute Gasteiger partial charge is 0.324 e. The zero-order valence-corrected chi connectivity index (χ0v) is 10.9. The molecule has 0 radical (unpaired) electrons. The van der Waals surface area contributed by atoms with Crippen molar-refractivity contribution in [2.75, 3.05) is 10.6 Å². The SMILES string of the molecule is N#CSc1ccc(NC(=O)Nc2ccc(=O)[nH]n2)cc1. The summed E-state index contributed by atoms with van der Waals surface area (Å²) in [5, 5.41) is 21.4. The van der Waals surface area contributed by atoms with Gasteiger partial charge in [0.2, 0.25) is 0 Å². The Balaban J connectivity index is 1.95. The van der Waals surface area contributed by atoms with Crippen molar-refractivity contribution in [1.29, 1.82) is 5.26 Å². The Hall–Kier alpha value is -2.79. The van der Waals surface area contributed by atoms with Gasteiger partial charge in [-0.3, -0.25) is 10.1 Å². The zero-order chi connectivity index (χ0) is 14.4. The second kappa shape index (κ2) is 6.40. The standard InChI is InChI=1S/C12H9N5O2S/c13-7-20-9-3-1-8(2-4-9)14-12(19)15-10-5-6-11(18)17-16-10/h1-6H,(H,17,18)(H2,14,15,16,19). The monoisotopic (exact) mass is 287 g/mol. The van der Waals surface area contributed by atoms with E-state index in [0.717, 1.165) is 16.7 Å². The predicted octanol–water partition coefficient (Wildman–Crippen LogP) is 1.99. The van der Waals surface area contributed by atoms with Gasteiger partial charge in [0, 0.05) is 16.6 Å². The van der Waals surface area contributed by atoms with Crippen LogP contribution in [0.2, 0.25) is 0 Å². The highest BCUT2D eigenvalue weighted by Crippen LogP contribution is 2.19. The van der Waals surface area contributed by atoms with Gasteiger partial charge in [0.05, 0.1) is 0 Å². The van der Waals surface area contributed by atoms with E-state index in [9.17, 15) is 9.59 Å². The van der Waals surface area contributed by atoms with Gasteiger partial charge in [-0.2, -0.15) is 10.4 Å². The summed E-state index contributed by atoms with van der Waals surface area (Å²) in [5.41, 5.74) is 0.232. The van der Waals surface area contributed by atoms with Crippen molar-refractivity contribution in [2.45, 2.75) is 4.90 Å². The Bertz CT molecular complexity index is 685. The van der Waals surface area contributed by atoms with Crippen molar-refractivity contribution in [3.63, 3.8) is 0 Å². The number of aromatic nitrogens is 2. The lowest BCUT2D eigenvalue weighted by Crippen LogP contribution is -2.21. The number of nitrogens with one attached hydrogen (secondary N) is 3. The van der Waals surface area contributed by atoms with Crippen molar-refractivity contribution < 1.29 is 4.79 Å². The fourth-order valence-corrected chi connectivity index (χ4v) is 1.73. The summed E-state index contributed by atoms with van der Waals surface area (Å²) >= 11 is 1.04. The first-order chi connectivity index (χ1) is 9.67.